The molecule has 3 aromatic rings. The maximum atomic E-state index is 13.8. The van der Waals surface area contributed by atoms with Crippen LogP contribution in [0, 0.1) is 5.82 Å². The van der Waals surface area contributed by atoms with Crippen LogP contribution in [0.4, 0.5) is 4.39 Å². The van der Waals surface area contributed by atoms with Crippen LogP contribution in [0.2, 0.25) is 10.0 Å². The number of rotatable bonds is 5. The summed E-state index contributed by atoms with van der Waals surface area (Å²) in [5.41, 5.74) is -0.101. The molecule has 3 heterocycles. The molecule has 12 heteroatoms. The number of hydrogen-bond acceptors (Lipinski definition) is 8. The minimum atomic E-state index is -1.27. The van der Waals surface area contributed by atoms with E-state index in [2.05, 4.69) is 15.3 Å². The molecule has 0 spiro atoms. The predicted octanol–water partition coefficient (Wildman–Crippen LogP) is 2.56. The van der Waals surface area contributed by atoms with Gasteiger partial charge < -0.3 is 20.1 Å². The van der Waals surface area contributed by atoms with Crippen LogP contribution in [0.25, 0.3) is 11.3 Å². The van der Waals surface area contributed by atoms with Crippen molar-refractivity contribution in [2.24, 2.45) is 0 Å². The summed E-state index contributed by atoms with van der Waals surface area (Å²) >= 11 is 12.8. The van der Waals surface area contributed by atoms with Crippen molar-refractivity contribution in [1.29, 1.82) is 0 Å². The van der Waals surface area contributed by atoms with Gasteiger partial charge in [0.15, 0.2) is 0 Å². The second-order valence-corrected chi connectivity index (χ2v) is 8.88. The molecule has 5 atom stereocenters. The number of thioether (sulfide) groups is 1. The van der Waals surface area contributed by atoms with E-state index in [1.807, 2.05) is 0 Å². The van der Waals surface area contributed by atoms with Gasteiger partial charge in [0.05, 0.1) is 22.8 Å². The molecule has 0 bridgehead atoms. The number of hydrogen-bond donors (Lipinski definition) is 3. The Hall–Kier alpha value is -1.79. The van der Waals surface area contributed by atoms with E-state index in [9.17, 15) is 19.7 Å². The van der Waals surface area contributed by atoms with Crippen LogP contribution in [-0.4, -0.2) is 65.7 Å². The number of aliphatic hydroxyl groups is 3. The summed E-state index contributed by atoms with van der Waals surface area (Å²) in [4.78, 5) is 4.64. The van der Waals surface area contributed by atoms with Crippen LogP contribution in [0.5, 0.6) is 0 Å². The third-order valence-corrected chi connectivity index (χ3v) is 6.44. The van der Waals surface area contributed by atoms with Gasteiger partial charge >= 0.3 is 0 Å². The molecule has 0 saturated carbocycles. The molecule has 1 fully saturated rings. The topological polar surface area (TPSA) is 114 Å². The van der Waals surface area contributed by atoms with Crippen molar-refractivity contribution in [1.82, 2.24) is 20.0 Å². The highest BCUT2D eigenvalue weighted by Gasteiger charge is 2.46. The van der Waals surface area contributed by atoms with Crippen molar-refractivity contribution in [2.75, 3.05) is 6.61 Å². The van der Waals surface area contributed by atoms with Crippen LogP contribution in [0.3, 0.4) is 0 Å². The first-order valence-electron chi connectivity index (χ1n) is 9.14. The number of nitrogens with zero attached hydrogens (tertiary/aromatic N) is 4. The van der Waals surface area contributed by atoms with Crippen molar-refractivity contribution in [3.05, 3.63) is 58.7 Å². The highest BCUT2D eigenvalue weighted by Crippen LogP contribution is 2.38. The van der Waals surface area contributed by atoms with E-state index in [1.54, 1.807) is 18.3 Å². The van der Waals surface area contributed by atoms with Crippen molar-refractivity contribution in [2.45, 2.75) is 34.7 Å². The van der Waals surface area contributed by atoms with Crippen molar-refractivity contribution in [3.8, 4) is 11.3 Å². The Morgan fingerprint density at radius 3 is 2.68 bits per heavy atom. The molecular formula is C19H17Cl2FN4O4S. The number of ether oxygens (including phenoxy) is 1. The first-order valence-corrected chi connectivity index (χ1v) is 10.8. The number of halogens is 3. The first kappa shape index (κ1) is 22.4. The van der Waals surface area contributed by atoms with Crippen molar-refractivity contribution >= 4 is 35.0 Å². The zero-order valence-corrected chi connectivity index (χ0v) is 18.0. The van der Waals surface area contributed by atoms with Gasteiger partial charge in [0.25, 0.3) is 0 Å². The molecule has 1 aliphatic heterocycles. The Kier molecular flexibility index (Phi) is 6.77. The molecule has 0 unspecified atom stereocenters. The van der Waals surface area contributed by atoms with E-state index in [4.69, 9.17) is 27.9 Å². The molecule has 8 nitrogen and oxygen atoms in total. The maximum Gasteiger partial charge on any atom is 0.142 e. The molecule has 0 amide bonds. The highest BCUT2D eigenvalue weighted by atomic mass is 35.5. The lowest BCUT2D eigenvalue weighted by atomic mass is 9.97. The molecule has 0 aliphatic carbocycles. The largest absolute Gasteiger partial charge is 0.394 e. The Labute approximate surface area is 190 Å². The third kappa shape index (κ3) is 4.70. The fraction of sp³-hybridized carbons (Fsp3) is 0.316. The smallest absolute Gasteiger partial charge is 0.142 e. The second kappa shape index (κ2) is 9.37. The molecule has 1 aliphatic rings. The van der Waals surface area contributed by atoms with E-state index in [-0.39, 0.29) is 5.02 Å². The number of benzene rings is 1. The van der Waals surface area contributed by atoms with Gasteiger partial charge in [0.2, 0.25) is 0 Å². The minimum absolute atomic E-state index is 0.0208. The average molecular weight is 487 g/mol. The summed E-state index contributed by atoms with van der Waals surface area (Å²) in [5.74, 6) is -0.605. The Morgan fingerprint density at radius 1 is 1.16 bits per heavy atom. The van der Waals surface area contributed by atoms with Gasteiger partial charge in [-0.3, -0.25) is 4.98 Å². The van der Waals surface area contributed by atoms with Crippen LogP contribution in [-0.2, 0) is 4.74 Å². The molecule has 0 radical (unpaired) electrons. The van der Waals surface area contributed by atoms with Crippen molar-refractivity contribution in [3.63, 3.8) is 0 Å². The summed E-state index contributed by atoms with van der Waals surface area (Å²) in [6, 6.07) is 4.88. The van der Waals surface area contributed by atoms with E-state index in [0.29, 0.717) is 21.2 Å². The van der Waals surface area contributed by atoms with Crippen LogP contribution >= 0.6 is 35.0 Å². The van der Waals surface area contributed by atoms with E-state index >= 15 is 0 Å². The number of aliphatic hydroxyl groups excluding tert-OH is 3. The van der Waals surface area contributed by atoms with E-state index in [0.717, 1.165) is 11.8 Å². The molecule has 1 saturated heterocycles. The zero-order valence-electron chi connectivity index (χ0n) is 15.7. The van der Waals surface area contributed by atoms with Gasteiger partial charge in [-0.1, -0.05) is 46.2 Å². The molecular weight excluding hydrogens is 470 g/mol. The Balaban J connectivity index is 1.62. The van der Waals surface area contributed by atoms with Gasteiger partial charge in [-0.15, -0.1) is 5.10 Å². The van der Waals surface area contributed by atoms with E-state index < -0.39 is 42.2 Å². The fourth-order valence-electron chi connectivity index (χ4n) is 3.28. The molecule has 31 heavy (non-hydrogen) atoms. The third-order valence-electron chi connectivity index (χ3n) is 4.81. The van der Waals surface area contributed by atoms with Crippen LogP contribution in [0.15, 0.2) is 47.8 Å². The highest BCUT2D eigenvalue weighted by molar-refractivity contribution is 7.99. The fourth-order valence-corrected chi connectivity index (χ4v) is 4.72. The quantitative estimate of drug-likeness (QED) is 0.504. The normalized spacial score (nSPS) is 26.2. The molecule has 3 N–H and O–H groups in total. The lowest BCUT2D eigenvalue weighted by Crippen LogP contribution is -2.55. The lowest BCUT2D eigenvalue weighted by molar-refractivity contribution is -0.178. The lowest BCUT2D eigenvalue weighted by Gasteiger charge is -2.41. The summed E-state index contributed by atoms with van der Waals surface area (Å²) in [6.45, 7) is -0.473. The van der Waals surface area contributed by atoms with Gasteiger partial charge in [0.1, 0.15) is 41.3 Å². The molecule has 4 rings (SSSR count). The zero-order chi connectivity index (χ0) is 22.1. The van der Waals surface area contributed by atoms with Crippen LogP contribution in [0.1, 0.15) is 6.04 Å². The average Bonchev–Trinajstić information content (AvgIpc) is 3.22. The summed E-state index contributed by atoms with van der Waals surface area (Å²) < 4.78 is 20.8. The Bertz CT molecular complexity index is 1070. The molecule has 2 aromatic heterocycles. The van der Waals surface area contributed by atoms with Gasteiger partial charge in [0, 0.05) is 22.9 Å². The van der Waals surface area contributed by atoms with Crippen LogP contribution < -0.4 is 0 Å². The standard InChI is InChI=1S/C19H17Cl2FN4O4S/c20-10-4-11(6-23-5-10)31-19-18(29)16(17(28)15(8-27)30-19)26-7-14(24-25-26)9-1-2-12(21)13(22)3-9/h1-7,15-19,27-29H,8H2/t15-,16+,17+,18-,19-/m1/s1. The van der Waals surface area contributed by atoms with Gasteiger partial charge in [-0.05, 0) is 18.2 Å². The SMILES string of the molecule is OC[C@H]1O[C@H](Sc2cncc(Cl)c2)[C@H](O)[C@@H](n2cc(-c3ccc(Cl)c(F)c3)nn2)[C@H]1O. The molecule has 164 valence electrons. The second-order valence-electron chi connectivity index (χ2n) is 6.87. The van der Waals surface area contributed by atoms with E-state index in [1.165, 1.54) is 29.2 Å². The number of aromatic nitrogens is 4. The minimum Gasteiger partial charge on any atom is -0.394 e. The number of pyridine rings is 1. The first-order chi connectivity index (χ1) is 14.9. The molecule has 1 aromatic carbocycles. The summed E-state index contributed by atoms with van der Waals surface area (Å²) in [7, 11) is 0. The monoisotopic (exact) mass is 486 g/mol. The summed E-state index contributed by atoms with van der Waals surface area (Å²) in [5, 5.41) is 39.7. The predicted molar refractivity (Wildman–Crippen MR) is 112 cm³/mol. The van der Waals surface area contributed by atoms with Gasteiger partial charge in [-0.2, -0.15) is 0 Å². The van der Waals surface area contributed by atoms with Crippen molar-refractivity contribution < 1.29 is 24.4 Å². The summed E-state index contributed by atoms with van der Waals surface area (Å²) in [6.07, 6.45) is 1.04. The van der Waals surface area contributed by atoms with Gasteiger partial charge in [-0.25, -0.2) is 9.07 Å². The Morgan fingerprint density at radius 2 is 1.97 bits per heavy atom. The maximum absolute atomic E-state index is 13.8.